The molecular weight excluding hydrogens is 349 g/mol. The average Bonchev–Trinajstić information content (AvgIpc) is 2.96. The first-order valence-electron chi connectivity index (χ1n) is 8.15. The molecule has 136 valence electrons. The fraction of sp³-hybridized carbons (Fsp3) is 0.500. The molecular formula is C16H20FN3O4S. The number of piperazine rings is 1. The van der Waals surface area contributed by atoms with Gasteiger partial charge in [-0.2, -0.15) is 0 Å². The Labute approximate surface area is 145 Å². The van der Waals surface area contributed by atoms with E-state index in [1.54, 1.807) is 9.80 Å². The molecule has 9 heteroatoms. The van der Waals surface area contributed by atoms with Gasteiger partial charge >= 0.3 is 6.03 Å². The largest absolute Gasteiger partial charge is 0.339 e. The maximum atomic E-state index is 12.9. The Balaban J connectivity index is 1.50. The number of halogens is 1. The number of amides is 3. The van der Waals surface area contributed by atoms with Gasteiger partial charge in [0.2, 0.25) is 5.91 Å². The van der Waals surface area contributed by atoms with Crippen LogP contribution in [0.2, 0.25) is 0 Å². The van der Waals surface area contributed by atoms with E-state index < -0.39 is 15.8 Å². The summed E-state index contributed by atoms with van der Waals surface area (Å²) in [6, 6.07) is 5.19. The summed E-state index contributed by atoms with van der Waals surface area (Å²) in [5.41, 5.74) is 0.501. The number of rotatable bonds is 2. The van der Waals surface area contributed by atoms with E-state index >= 15 is 0 Å². The molecule has 2 aliphatic rings. The molecule has 2 fully saturated rings. The molecule has 0 saturated carbocycles. The zero-order valence-corrected chi connectivity index (χ0v) is 14.5. The van der Waals surface area contributed by atoms with Crippen molar-refractivity contribution in [3.05, 3.63) is 30.1 Å². The lowest BCUT2D eigenvalue weighted by Crippen LogP contribution is -2.53. The monoisotopic (exact) mass is 369 g/mol. The smallest absolute Gasteiger partial charge is 0.321 e. The fourth-order valence-electron chi connectivity index (χ4n) is 3.11. The van der Waals surface area contributed by atoms with Crippen molar-refractivity contribution in [1.29, 1.82) is 0 Å². The fourth-order valence-corrected chi connectivity index (χ4v) is 4.85. The zero-order chi connectivity index (χ0) is 18.0. The number of hydrogen-bond acceptors (Lipinski definition) is 4. The topological polar surface area (TPSA) is 86.8 Å². The van der Waals surface area contributed by atoms with Gasteiger partial charge in [-0.1, -0.05) is 0 Å². The van der Waals surface area contributed by atoms with Gasteiger partial charge in [0.05, 0.1) is 17.4 Å². The van der Waals surface area contributed by atoms with Gasteiger partial charge in [-0.3, -0.25) is 4.79 Å². The standard InChI is InChI=1S/C16H20FN3O4S/c17-13-1-3-14(4-2-13)18-16(22)20-8-6-19(7-9-20)15(21)12-5-10-25(23,24)11-12/h1-4,12H,5-11H2,(H,18,22)/t12-/m0/s1. The third kappa shape index (κ3) is 4.28. The van der Waals surface area contributed by atoms with Crippen molar-refractivity contribution < 1.29 is 22.4 Å². The van der Waals surface area contributed by atoms with E-state index in [4.69, 9.17) is 0 Å². The number of nitrogens with zero attached hydrogens (tertiary/aromatic N) is 2. The molecule has 0 bridgehead atoms. The van der Waals surface area contributed by atoms with E-state index in [2.05, 4.69) is 5.32 Å². The van der Waals surface area contributed by atoms with Crippen molar-refractivity contribution in [3.63, 3.8) is 0 Å². The van der Waals surface area contributed by atoms with Crippen LogP contribution >= 0.6 is 0 Å². The second-order valence-corrected chi connectivity index (χ2v) is 8.58. The molecule has 1 aromatic rings. The molecule has 0 aromatic heterocycles. The maximum Gasteiger partial charge on any atom is 0.321 e. The number of benzene rings is 1. The van der Waals surface area contributed by atoms with E-state index in [1.807, 2.05) is 0 Å². The molecule has 1 aromatic carbocycles. The number of sulfone groups is 1. The third-order valence-electron chi connectivity index (χ3n) is 4.56. The Morgan fingerprint density at radius 3 is 2.20 bits per heavy atom. The minimum absolute atomic E-state index is 0.0723. The summed E-state index contributed by atoms with van der Waals surface area (Å²) in [6.07, 6.45) is 0.381. The van der Waals surface area contributed by atoms with Gasteiger partial charge in [0.1, 0.15) is 5.82 Å². The Hall–Kier alpha value is -2.16. The van der Waals surface area contributed by atoms with Crippen molar-refractivity contribution in [3.8, 4) is 0 Å². The molecule has 0 unspecified atom stereocenters. The van der Waals surface area contributed by atoms with Crippen LogP contribution < -0.4 is 5.32 Å². The molecule has 0 aliphatic carbocycles. The minimum atomic E-state index is -3.09. The van der Waals surface area contributed by atoms with E-state index in [0.29, 0.717) is 38.3 Å². The van der Waals surface area contributed by atoms with Crippen LogP contribution in [-0.2, 0) is 14.6 Å². The van der Waals surface area contributed by atoms with Crippen LogP contribution in [0.1, 0.15) is 6.42 Å². The van der Waals surface area contributed by atoms with Crippen LogP contribution in [0.15, 0.2) is 24.3 Å². The lowest BCUT2D eigenvalue weighted by molar-refractivity contribution is -0.136. The molecule has 1 atom stereocenters. The second kappa shape index (κ2) is 6.99. The Morgan fingerprint density at radius 2 is 1.64 bits per heavy atom. The van der Waals surface area contributed by atoms with Crippen molar-refractivity contribution in [2.75, 3.05) is 43.0 Å². The van der Waals surface area contributed by atoms with Gasteiger partial charge in [0, 0.05) is 31.9 Å². The molecule has 2 aliphatic heterocycles. The SMILES string of the molecule is O=C(Nc1ccc(F)cc1)N1CCN(C(=O)[C@H]2CCS(=O)(=O)C2)CC1. The van der Waals surface area contributed by atoms with E-state index in [0.717, 1.165) is 0 Å². The van der Waals surface area contributed by atoms with Crippen LogP contribution in [0.5, 0.6) is 0 Å². The number of urea groups is 1. The van der Waals surface area contributed by atoms with Crippen LogP contribution in [0.4, 0.5) is 14.9 Å². The van der Waals surface area contributed by atoms with E-state index in [1.165, 1.54) is 24.3 Å². The Morgan fingerprint density at radius 1 is 1.04 bits per heavy atom. The highest BCUT2D eigenvalue weighted by Gasteiger charge is 2.36. The number of carbonyl (C=O) groups is 2. The van der Waals surface area contributed by atoms with Crippen LogP contribution in [0, 0.1) is 11.7 Å². The second-order valence-electron chi connectivity index (χ2n) is 6.35. The van der Waals surface area contributed by atoms with Gasteiger partial charge in [-0.15, -0.1) is 0 Å². The molecule has 3 rings (SSSR count). The summed E-state index contributed by atoms with van der Waals surface area (Å²) in [6.45, 7) is 1.51. The lowest BCUT2D eigenvalue weighted by atomic mass is 10.1. The summed E-state index contributed by atoms with van der Waals surface area (Å²) in [5.74, 6) is -0.969. The molecule has 2 saturated heterocycles. The summed E-state index contributed by atoms with van der Waals surface area (Å²) < 4.78 is 35.9. The highest BCUT2D eigenvalue weighted by Crippen LogP contribution is 2.21. The summed E-state index contributed by atoms with van der Waals surface area (Å²) in [5, 5.41) is 2.69. The third-order valence-corrected chi connectivity index (χ3v) is 6.32. The summed E-state index contributed by atoms with van der Waals surface area (Å²) in [7, 11) is -3.09. The normalized spacial score (nSPS) is 22.7. The summed E-state index contributed by atoms with van der Waals surface area (Å²) in [4.78, 5) is 27.8. The summed E-state index contributed by atoms with van der Waals surface area (Å²) >= 11 is 0. The molecule has 25 heavy (non-hydrogen) atoms. The number of nitrogens with one attached hydrogen (secondary N) is 1. The molecule has 0 spiro atoms. The van der Waals surface area contributed by atoms with Crippen LogP contribution in [0.25, 0.3) is 0 Å². The quantitative estimate of drug-likeness (QED) is 0.840. The highest BCUT2D eigenvalue weighted by molar-refractivity contribution is 7.91. The van der Waals surface area contributed by atoms with Gasteiger partial charge in [-0.25, -0.2) is 17.6 Å². The Kier molecular flexibility index (Phi) is 4.94. The van der Waals surface area contributed by atoms with Crippen molar-refractivity contribution in [2.24, 2.45) is 5.92 Å². The molecule has 0 radical (unpaired) electrons. The molecule has 3 amide bonds. The van der Waals surface area contributed by atoms with E-state index in [9.17, 15) is 22.4 Å². The first kappa shape index (κ1) is 17.7. The van der Waals surface area contributed by atoms with Crippen LogP contribution in [0.3, 0.4) is 0 Å². The average molecular weight is 369 g/mol. The minimum Gasteiger partial charge on any atom is -0.339 e. The Bertz CT molecular complexity index is 758. The number of anilines is 1. The van der Waals surface area contributed by atoms with Crippen molar-refractivity contribution in [2.45, 2.75) is 6.42 Å². The highest BCUT2D eigenvalue weighted by atomic mass is 32.2. The van der Waals surface area contributed by atoms with Crippen molar-refractivity contribution in [1.82, 2.24) is 9.80 Å². The first-order chi connectivity index (χ1) is 11.8. The lowest BCUT2D eigenvalue weighted by Gasteiger charge is -2.35. The molecule has 7 nitrogen and oxygen atoms in total. The maximum absolute atomic E-state index is 12.9. The first-order valence-corrected chi connectivity index (χ1v) is 9.97. The van der Waals surface area contributed by atoms with Gasteiger partial charge in [-0.05, 0) is 30.7 Å². The zero-order valence-electron chi connectivity index (χ0n) is 13.7. The number of hydrogen-bond donors (Lipinski definition) is 1. The molecule has 1 N–H and O–H groups in total. The predicted octanol–water partition coefficient (Wildman–Crippen LogP) is 0.936. The van der Waals surface area contributed by atoms with Crippen molar-refractivity contribution >= 4 is 27.5 Å². The van der Waals surface area contributed by atoms with E-state index in [-0.39, 0.29) is 29.3 Å². The predicted molar refractivity (Wildman–Crippen MR) is 90.3 cm³/mol. The van der Waals surface area contributed by atoms with Gasteiger partial charge in [0.15, 0.2) is 9.84 Å². The molecule has 2 heterocycles. The van der Waals surface area contributed by atoms with Crippen LogP contribution in [-0.4, -0.2) is 67.8 Å². The number of carbonyl (C=O) groups excluding carboxylic acids is 2. The van der Waals surface area contributed by atoms with Gasteiger partial charge < -0.3 is 15.1 Å². The van der Waals surface area contributed by atoms with Gasteiger partial charge in [0.25, 0.3) is 0 Å².